The van der Waals surface area contributed by atoms with Gasteiger partial charge in [0.05, 0.1) is 18.4 Å². The smallest absolute Gasteiger partial charge is 0.408 e. The zero-order chi connectivity index (χ0) is 43.2. The number of amides is 1. The van der Waals surface area contributed by atoms with Crippen LogP contribution in [-0.2, 0) is 51.0 Å². The maximum absolute atomic E-state index is 11.6. The lowest BCUT2D eigenvalue weighted by Crippen LogP contribution is -2.44. The second kappa shape index (κ2) is 26.0. The predicted molar refractivity (Wildman–Crippen MR) is 208 cm³/mol. The molecule has 1 aromatic heterocycles. The van der Waals surface area contributed by atoms with Crippen molar-refractivity contribution in [3.05, 3.63) is 54.1 Å². The Hall–Kier alpha value is -4.91. The number of aromatic nitrogens is 2. The molecule has 56 heavy (non-hydrogen) atoms. The van der Waals surface area contributed by atoms with Crippen LogP contribution >= 0.6 is 0 Å². The third-order valence-electron chi connectivity index (χ3n) is 7.90. The monoisotopic (exact) mass is 793 g/mol. The average Bonchev–Trinajstić information content (AvgIpc) is 3.62. The molecular weight excluding hydrogens is 730 g/mol. The first-order valence-corrected chi connectivity index (χ1v) is 18.4. The minimum Gasteiger partial charge on any atom is -0.481 e. The highest BCUT2D eigenvalue weighted by Crippen LogP contribution is 2.14. The number of nitrogens with two attached hydrogens (primary N) is 4. The van der Waals surface area contributed by atoms with Gasteiger partial charge in [-0.1, -0.05) is 71.4 Å². The number of esters is 3. The summed E-state index contributed by atoms with van der Waals surface area (Å²) in [5, 5.41) is 20.3. The molecule has 2 rings (SSSR count). The van der Waals surface area contributed by atoms with Crippen LogP contribution in [0.4, 0.5) is 4.79 Å². The van der Waals surface area contributed by atoms with Crippen molar-refractivity contribution < 1.29 is 53.2 Å². The van der Waals surface area contributed by atoms with Gasteiger partial charge in [-0.2, -0.15) is 0 Å². The summed E-state index contributed by atoms with van der Waals surface area (Å²) in [5.41, 5.74) is 23.5. The van der Waals surface area contributed by atoms with E-state index in [0.717, 1.165) is 12.0 Å². The highest BCUT2D eigenvalue weighted by atomic mass is 16.6. The van der Waals surface area contributed by atoms with Gasteiger partial charge in [0.25, 0.3) is 0 Å². The zero-order valence-corrected chi connectivity index (χ0v) is 33.7. The van der Waals surface area contributed by atoms with Crippen molar-refractivity contribution >= 4 is 35.9 Å². The minimum absolute atomic E-state index is 0.0529. The Kier molecular flexibility index (Phi) is 23.8. The van der Waals surface area contributed by atoms with Gasteiger partial charge in [-0.15, -0.1) is 0 Å². The summed E-state index contributed by atoms with van der Waals surface area (Å²) in [7, 11) is 0. The van der Waals surface area contributed by atoms with Crippen molar-refractivity contribution in [2.24, 2.45) is 34.8 Å². The number of carboxylic acid groups (broad SMARTS) is 2. The van der Waals surface area contributed by atoms with Gasteiger partial charge in [-0.3, -0.25) is 9.59 Å². The van der Waals surface area contributed by atoms with Crippen molar-refractivity contribution in [1.29, 1.82) is 0 Å². The molecule has 0 aliphatic carbocycles. The van der Waals surface area contributed by atoms with Crippen molar-refractivity contribution in [3.8, 4) is 0 Å². The van der Waals surface area contributed by atoms with Crippen LogP contribution in [0.3, 0.4) is 0 Å². The van der Waals surface area contributed by atoms with Gasteiger partial charge in [0, 0.05) is 25.1 Å². The van der Waals surface area contributed by atoms with Crippen molar-refractivity contribution in [1.82, 2.24) is 15.3 Å². The summed E-state index contributed by atoms with van der Waals surface area (Å²) in [5.74, 6) is -4.00. The topological polar surface area (TPSA) is 315 Å². The van der Waals surface area contributed by atoms with Crippen LogP contribution in [0.2, 0.25) is 0 Å². The zero-order valence-electron chi connectivity index (χ0n) is 33.7. The number of hydrogen-bond acceptors (Lipinski definition) is 14. The number of ether oxygens (including phenoxy) is 3. The minimum atomic E-state index is -1.09. The molecule has 0 aliphatic heterocycles. The van der Waals surface area contributed by atoms with Crippen LogP contribution < -0.4 is 28.3 Å². The number of nitrogens with zero attached hydrogens (tertiary/aromatic N) is 1. The summed E-state index contributed by atoms with van der Waals surface area (Å²) < 4.78 is 14.8. The first kappa shape index (κ1) is 51.1. The summed E-state index contributed by atoms with van der Waals surface area (Å²) in [6.45, 7) is 14.6. The molecular formula is C38H63N7O11. The molecule has 1 unspecified atom stereocenters. The molecule has 0 radical (unpaired) electrons. The Morgan fingerprint density at radius 2 is 1.46 bits per heavy atom. The van der Waals surface area contributed by atoms with Crippen LogP contribution in [0.1, 0.15) is 92.3 Å². The largest absolute Gasteiger partial charge is 0.481 e. The summed E-state index contributed by atoms with van der Waals surface area (Å²) in [6.07, 6.45) is 3.44. The van der Waals surface area contributed by atoms with Crippen LogP contribution in [0.15, 0.2) is 42.9 Å². The number of carbonyl (C=O) groups excluding carboxylic acids is 4. The third-order valence-corrected chi connectivity index (χ3v) is 7.90. The maximum Gasteiger partial charge on any atom is 0.408 e. The molecule has 7 atom stereocenters. The fourth-order valence-corrected chi connectivity index (χ4v) is 4.49. The third kappa shape index (κ3) is 22.5. The number of H-pyrrole nitrogens is 1. The Balaban J connectivity index is 0.000000811. The van der Waals surface area contributed by atoms with Gasteiger partial charge in [-0.05, 0) is 51.0 Å². The van der Waals surface area contributed by atoms with Crippen LogP contribution in [-0.4, -0.2) is 98.0 Å². The second-order valence-electron chi connectivity index (χ2n) is 14.6. The molecule has 0 fully saturated rings. The number of carbonyl (C=O) groups is 6. The molecule has 1 aromatic carbocycles. The molecule has 1 amide bonds. The van der Waals surface area contributed by atoms with E-state index in [1.165, 1.54) is 6.33 Å². The average molecular weight is 794 g/mol. The van der Waals surface area contributed by atoms with Crippen molar-refractivity contribution in [2.75, 3.05) is 0 Å². The van der Waals surface area contributed by atoms with Gasteiger partial charge >= 0.3 is 35.9 Å². The summed E-state index contributed by atoms with van der Waals surface area (Å²) >= 11 is 0. The molecule has 12 N–H and O–H groups in total. The van der Waals surface area contributed by atoms with Crippen LogP contribution in [0, 0.1) is 11.8 Å². The van der Waals surface area contributed by atoms with Crippen LogP contribution in [0.25, 0.3) is 0 Å². The van der Waals surface area contributed by atoms with Gasteiger partial charge in [0.15, 0.2) is 0 Å². The van der Waals surface area contributed by atoms with Crippen molar-refractivity contribution in [2.45, 2.75) is 136 Å². The molecule has 0 spiro atoms. The lowest BCUT2D eigenvalue weighted by molar-refractivity contribution is -0.162. The molecule has 18 heteroatoms. The number of carboxylic acids is 2. The van der Waals surface area contributed by atoms with E-state index in [2.05, 4.69) is 20.0 Å². The van der Waals surface area contributed by atoms with Gasteiger partial charge in [0.2, 0.25) is 0 Å². The second-order valence-corrected chi connectivity index (χ2v) is 14.6. The lowest BCUT2D eigenvalue weighted by Gasteiger charge is -2.25. The molecule has 316 valence electrons. The standard InChI is InChI=1S/C14H19NO4.C12H20N4O3.C12H24N2O4/c1-14(2,3)19-13(18)15-11(12(16)17)9-10-7-5-4-6-8-10;1-3-7(2)10(14)12(18)19-11(17)9(13)4-8-5-15-6-16-8;1-4-8(13)12(17)18-10(6-11(15)16)9(14)5-7(2)3/h4-8,11H,9H2,1-3H3,(H,15,18)(H,16,17);5-7,9-10H,3-4,13-14H2,1-2H3,(H,15,16);7-10H,4-6,13-14H2,1-3H3,(H,15,16)/t11-;7-,9-,10-;8?,9-,10-/m000/s1. The quantitative estimate of drug-likeness (QED) is 0.0610. The number of rotatable bonds is 18. The lowest BCUT2D eigenvalue weighted by atomic mass is 9.98. The van der Waals surface area contributed by atoms with Gasteiger partial charge in [-0.25, -0.2) is 24.2 Å². The predicted octanol–water partition coefficient (Wildman–Crippen LogP) is 2.41. The molecule has 2 aromatic rings. The molecule has 0 saturated carbocycles. The molecule has 0 bridgehead atoms. The van der Waals surface area contributed by atoms with E-state index in [-0.39, 0.29) is 25.2 Å². The SMILES string of the molecule is CC(C)(C)OC(=O)N[C@@H](Cc1ccccc1)C(=O)O.CCC(N)C(=O)O[C@@H](CC(=O)O)[C@@H](N)CC(C)C.CC[C@H](C)[C@H](N)C(=O)OC(=O)[C@@H](N)Cc1c[nH]cn1. The number of alkyl carbamates (subject to hydrolysis) is 1. The van der Waals surface area contributed by atoms with E-state index in [0.29, 0.717) is 24.5 Å². The fraction of sp³-hybridized carbons (Fsp3) is 0.605. The molecule has 18 nitrogen and oxygen atoms in total. The number of imidazole rings is 1. The molecule has 0 aliphatic rings. The Bertz CT molecular complexity index is 1480. The Morgan fingerprint density at radius 1 is 0.857 bits per heavy atom. The maximum atomic E-state index is 11.6. The highest BCUT2D eigenvalue weighted by Gasteiger charge is 2.29. The number of aliphatic carboxylic acids is 2. The summed E-state index contributed by atoms with van der Waals surface area (Å²) in [6, 6.07) is 5.14. The first-order valence-electron chi connectivity index (χ1n) is 18.4. The van der Waals surface area contributed by atoms with Crippen LogP contribution in [0.5, 0.6) is 0 Å². The van der Waals surface area contributed by atoms with Gasteiger partial charge < -0.3 is 57.7 Å². The normalized spacial score (nSPS) is 14.7. The van der Waals surface area contributed by atoms with E-state index in [1.54, 1.807) is 33.9 Å². The molecule has 1 heterocycles. The Labute approximate surface area is 328 Å². The molecule has 0 saturated heterocycles. The van der Waals surface area contributed by atoms with E-state index in [4.69, 9.17) is 42.6 Å². The summed E-state index contributed by atoms with van der Waals surface area (Å²) in [4.78, 5) is 74.9. The Morgan fingerprint density at radius 3 is 1.93 bits per heavy atom. The number of hydrogen-bond donors (Lipinski definition) is 8. The van der Waals surface area contributed by atoms with Gasteiger partial charge in [0.1, 0.15) is 35.9 Å². The number of benzene rings is 1. The van der Waals surface area contributed by atoms with Crippen molar-refractivity contribution in [3.63, 3.8) is 0 Å². The van der Waals surface area contributed by atoms with E-state index in [9.17, 15) is 28.8 Å². The first-order chi connectivity index (χ1) is 26.0. The highest BCUT2D eigenvalue weighted by molar-refractivity contribution is 5.91. The number of nitrogens with one attached hydrogen (secondary N) is 2. The van der Waals surface area contributed by atoms with E-state index in [1.807, 2.05) is 58.0 Å². The van der Waals surface area contributed by atoms with E-state index >= 15 is 0 Å². The number of aromatic amines is 1. The van der Waals surface area contributed by atoms with E-state index < -0.39 is 77.9 Å². The fourth-order valence-electron chi connectivity index (χ4n) is 4.49.